The zero-order valence-electron chi connectivity index (χ0n) is 12.1. The number of hydrogen-bond donors (Lipinski definition) is 0. The number of carbonyl (C=O) groups is 1. The van der Waals surface area contributed by atoms with Crippen LogP contribution in [-0.2, 0) is 11.2 Å². The summed E-state index contributed by atoms with van der Waals surface area (Å²) in [4.78, 5) is 18.7. The monoisotopic (exact) mass is 280 g/mol. The highest BCUT2D eigenvalue weighted by Gasteiger charge is 2.29. The summed E-state index contributed by atoms with van der Waals surface area (Å²) in [6.45, 7) is 1.69. The van der Waals surface area contributed by atoms with Crippen LogP contribution in [-0.4, -0.2) is 28.9 Å². The van der Waals surface area contributed by atoms with Gasteiger partial charge in [-0.05, 0) is 42.5 Å². The number of rotatable bonds is 4. The lowest BCUT2D eigenvalue weighted by atomic mass is 9.90. The normalized spacial score (nSPS) is 18.8. The van der Waals surface area contributed by atoms with Crippen molar-refractivity contribution in [2.45, 2.75) is 25.2 Å². The number of aromatic nitrogens is 1. The number of carbonyl (C=O) groups excluding carboxylic acids is 1. The van der Waals surface area contributed by atoms with E-state index in [1.165, 1.54) is 5.56 Å². The Kier molecular flexibility index (Phi) is 4.29. The van der Waals surface area contributed by atoms with Crippen LogP contribution in [0.5, 0.6) is 0 Å². The topological polar surface area (TPSA) is 33.2 Å². The molecule has 0 bridgehead atoms. The van der Waals surface area contributed by atoms with Gasteiger partial charge in [-0.1, -0.05) is 30.3 Å². The number of piperidine rings is 1. The van der Waals surface area contributed by atoms with E-state index in [0.717, 1.165) is 37.9 Å². The first-order valence-electron chi connectivity index (χ1n) is 7.57. The van der Waals surface area contributed by atoms with Gasteiger partial charge in [-0.3, -0.25) is 9.78 Å². The molecule has 0 radical (unpaired) electrons. The summed E-state index contributed by atoms with van der Waals surface area (Å²) in [7, 11) is 0. The van der Waals surface area contributed by atoms with Crippen molar-refractivity contribution in [2.75, 3.05) is 13.1 Å². The molecule has 0 N–H and O–H groups in total. The van der Waals surface area contributed by atoms with E-state index in [2.05, 4.69) is 17.1 Å². The second-order valence-corrected chi connectivity index (χ2v) is 5.54. The Balaban J connectivity index is 1.65. The second kappa shape index (κ2) is 6.53. The van der Waals surface area contributed by atoms with E-state index >= 15 is 0 Å². The minimum absolute atomic E-state index is 0.0116. The number of pyridine rings is 1. The molecule has 1 unspecified atom stereocenters. The largest absolute Gasteiger partial charge is 0.342 e. The molecular weight excluding hydrogens is 260 g/mol. The highest BCUT2D eigenvalue weighted by molar-refractivity contribution is 5.84. The van der Waals surface area contributed by atoms with Crippen LogP contribution < -0.4 is 0 Å². The molecule has 3 nitrogen and oxygen atoms in total. The Morgan fingerprint density at radius 1 is 1.10 bits per heavy atom. The highest BCUT2D eigenvalue weighted by atomic mass is 16.2. The van der Waals surface area contributed by atoms with Crippen LogP contribution in [0.2, 0.25) is 0 Å². The van der Waals surface area contributed by atoms with Gasteiger partial charge in [0, 0.05) is 25.5 Å². The molecule has 1 amide bonds. The minimum atomic E-state index is 0.0116. The average molecular weight is 280 g/mol. The zero-order valence-corrected chi connectivity index (χ0v) is 12.1. The lowest BCUT2D eigenvalue weighted by Gasteiger charge is -2.32. The van der Waals surface area contributed by atoms with E-state index < -0.39 is 0 Å². The van der Waals surface area contributed by atoms with Gasteiger partial charge in [0.05, 0.1) is 5.92 Å². The van der Waals surface area contributed by atoms with Crippen molar-refractivity contribution in [2.24, 2.45) is 0 Å². The van der Waals surface area contributed by atoms with Crippen LogP contribution in [0.1, 0.15) is 29.9 Å². The van der Waals surface area contributed by atoms with Crippen LogP contribution in [0.3, 0.4) is 0 Å². The van der Waals surface area contributed by atoms with E-state index in [4.69, 9.17) is 0 Å². The minimum Gasteiger partial charge on any atom is -0.342 e. The van der Waals surface area contributed by atoms with Crippen LogP contribution in [0, 0.1) is 0 Å². The summed E-state index contributed by atoms with van der Waals surface area (Å²) >= 11 is 0. The van der Waals surface area contributed by atoms with Crippen LogP contribution in [0.25, 0.3) is 0 Å². The molecule has 1 aliphatic rings. The third-order valence-corrected chi connectivity index (χ3v) is 4.15. The van der Waals surface area contributed by atoms with Crippen molar-refractivity contribution < 1.29 is 4.79 Å². The van der Waals surface area contributed by atoms with Crippen LogP contribution >= 0.6 is 0 Å². The third kappa shape index (κ3) is 3.30. The van der Waals surface area contributed by atoms with Gasteiger partial charge in [0.25, 0.3) is 0 Å². The highest BCUT2D eigenvalue weighted by Crippen LogP contribution is 2.27. The first-order valence-corrected chi connectivity index (χ1v) is 7.57. The molecule has 108 valence electrons. The second-order valence-electron chi connectivity index (χ2n) is 5.54. The molecule has 1 atom stereocenters. The lowest BCUT2D eigenvalue weighted by Crippen LogP contribution is -2.41. The SMILES string of the molecule is O=C1C(c2ccncc2)CCCN1CCc1ccccc1. The van der Waals surface area contributed by atoms with Gasteiger partial charge >= 0.3 is 0 Å². The molecule has 2 heterocycles. The fourth-order valence-corrected chi connectivity index (χ4v) is 2.98. The first-order chi connectivity index (χ1) is 10.3. The summed E-state index contributed by atoms with van der Waals surface area (Å²) in [5.74, 6) is 0.279. The maximum atomic E-state index is 12.7. The van der Waals surface area contributed by atoms with Gasteiger partial charge in [-0.2, -0.15) is 0 Å². The molecule has 1 saturated heterocycles. The summed E-state index contributed by atoms with van der Waals surface area (Å²) < 4.78 is 0. The van der Waals surface area contributed by atoms with E-state index in [9.17, 15) is 4.79 Å². The molecule has 1 aliphatic heterocycles. The van der Waals surface area contributed by atoms with Gasteiger partial charge in [0.2, 0.25) is 5.91 Å². The number of amides is 1. The van der Waals surface area contributed by atoms with E-state index in [0.29, 0.717) is 0 Å². The fraction of sp³-hybridized carbons (Fsp3) is 0.333. The van der Waals surface area contributed by atoms with Gasteiger partial charge < -0.3 is 4.90 Å². The molecular formula is C18H20N2O. The van der Waals surface area contributed by atoms with E-state index in [1.807, 2.05) is 35.2 Å². The van der Waals surface area contributed by atoms with Crippen LogP contribution in [0.4, 0.5) is 0 Å². The predicted octanol–water partition coefficient (Wildman–Crippen LogP) is 3.03. The Labute approximate surface area is 125 Å². The summed E-state index contributed by atoms with van der Waals surface area (Å²) in [6.07, 6.45) is 6.49. The molecule has 3 rings (SSSR count). The molecule has 21 heavy (non-hydrogen) atoms. The summed E-state index contributed by atoms with van der Waals surface area (Å²) in [6, 6.07) is 14.3. The molecule has 0 spiro atoms. The quantitative estimate of drug-likeness (QED) is 0.862. The Bertz CT molecular complexity index is 583. The van der Waals surface area contributed by atoms with Crippen molar-refractivity contribution in [3.05, 3.63) is 66.0 Å². The predicted molar refractivity (Wildman–Crippen MR) is 82.9 cm³/mol. The van der Waals surface area contributed by atoms with Gasteiger partial charge in [0.15, 0.2) is 0 Å². The Morgan fingerprint density at radius 3 is 2.62 bits per heavy atom. The molecule has 1 aromatic carbocycles. The zero-order chi connectivity index (χ0) is 14.5. The Hall–Kier alpha value is -2.16. The molecule has 3 heteroatoms. The fourth-order valence-electron chi connectivity index (χ4n) is 2.98. The van der Waals surface area contributed by atoms with E-state index in [1.54, 1.807) is 12.4 Å². The first kappa shape index (κ1) is 13.8. The van der Waals surface area contributed by atoms with Gasteiger partial charge in [0.1, 0.15) is 0 Å². The summed E-state index contributed by atoms with van der Waals surface area (Å²) in [5.41, 5.74) is 2.38. The van der Waals surface area contributed by atoms with Crippen molar-refractivity contribution in [3.8, 4) is 0 Å². The standard InChI is InChI=1S/C18H20N2O/c21-18-17(16-8-11-19-12-9-16)7-4-13-20(18)14-10-15-5-2-1-3-6-15/h1-3,5-6,8-9,11-12,17H,4,7,10,13-14H2. The van der Waals surface area contributed by atoms with Crippen molar-refractivity contribution in [1.29, 1.82) is 0 Å². The number of benzene rings is 1. The van der Waals surface area contributed by atoms with Crippen molar-refractivity contribution in [1.82, 2.24) is 9.88 Å². The lowest BCUT2D eigenvalue weighted by molar-refractivity contribution is -0.135. The maximum Gasteiger partial charge on any atom is 0.230 e. The average Bonchev–Trinajstić information content (AvgIpc) is 2.56. The van der Waals surface area contributed by atoms with Gasteiger partial charge in [-0.15, -0.1) is 0 Å². The maximum absolute atomic E-state index is 12.7. The molecule has 1 fully saturated rings. The van der Waals surface area contributed by atoms with E-state index in [-0.39, 0.29) is 11.8 Å². The van der Waals surface area contributed by atoms with Gasteiger partial charge in [-0.25, -0.2) is 0 Å². The molecule has 2 aromatic rings. The molecule has 0 aliphatic carbocycles. The Morgan fingerprint density at radius 2 is 1.86 bits per heavy atom. The smallest absolute Gasteiger partial charge is 0.230 e. The number of likely N-dealkylation sites (tertiary alicyclic amines) is 1. The summed E-state index contributed by atoms with van der Waals surface area (Å²) in [5, 5.41) is 0. The number of hydrogen-bond acceptors (Lipinski definition) is 2. The molecule has 0 saturated carbocycles. The van der Waals surface area contributed by atoms with Crippen LogP contribution in [0.15, 0.2) is 54.9 Å². The van der Waals surface area contributed by atoms with Crippen molar-refractivity contribution >= 4 is 5.91 Å². The number of nitrogens with zero attached hydrogens (tertiary/aromatic N) is 2. The molecule has 1 aromatic heterocycles. The third-order valence-electron chi connectivity index (χ3n) is 4.15. The van der Waals surface area contributed by atoms with Crippen molar-refractivity contribution in [3.63, 3.8) is 0 Å².